The van der Waals surface area contributed by atoms with Crippen LogP contribution in [0.1, 0.15) is 34.6 Å². The minimum Gasteiger partial charge on any atom is -0.326 e. The van der Waals surface area contributed by atoms with Gasteiger partial charge in [0, 0.05) is 24.2 Å². The van der Waals surface area contributed by atoms with Crippen LogP contribution in [-0.2, 0) is 14.8 Å². The number of nitrogens with zero attached hydrogens (tertiary/aromatic N) is 1. The normalized spacial score (nSPS) is 12.5. The Hall–Kier alpha value is -1.11. The molecule has 1 amide bonds. The fourth-order valence-corrected chi connectivity index (χ4v) is 3.76. The third-order valence-corrected chi connectivity index (χ3v) is 5.72. The van der Waals surface area contributed by atoms with Crippen LogP contribution in [-0.4, -0.2) is 31.7 Å². The lowest BCUT2D eigenvalue weighted by Crippen LogP contribution is -2.31. The number of nitrogens with one attached hydrogen (secondary N) is 1. The minimum absolute atomic E-state index is 0.00424. The summed E-state index contributed by atoms with van der Waals surface area (Å²) in [5.74, 6) is -0.194. The summed E-state index contributed by atoms with van der Waals surface area (Å²) in [4.78, 5) is 12.0. The SMILES string of the molecule is CCN(CC)S(=O)(=O)c1cc(NC(=O)C(C)(C)C)ccc1Cl. The Labute approximate surface area is 137 Å². The van der Waals surface area contributed by atoms with Gasteiger partial charge in [0.25, 0.3) is 0 Å². The van der Waals surface area contributed by atoms with Gasteiger partial charge in [-0.05, 0) is 18.2 Å². The summed E-state index contributed by atoms with van der Waals surface area (Å²) < 4.78 is 26.5. The van der Waals surface area contributed by atoms with Crippen LogP contribution in [0.5, 0.6) is 0 Å². The highest BCUT2D eigenvalue weighted by Crippen LogP contribution is 2.28. The number of hydrogen-bond donors (Lipinski definition) is 1. The molecule has 1 aromatic rings. The van der Waals surface area contributed by atoms with Crippen LogP contribution < -0.4 is 5.32 Å². The van der Waals surface area contributed by atoms with Crippen LogP contribution in [0, 0.1) is 5.41 Å². The molecule has 0 heterocycles. The van der Waals surface area contributed by atoms with Crippen LogP contribution >= 0.6 is 11.6 Å². The Morgan fingerprint density at radius 3 is 2.23 bits per heavy atom. The first-order chi connectivity index (χ1) is 10.0. The minimum atomic E-state index is -3.68. The van der Waals surface area contributed by atoms with Crippen LogP contribution in [0.25, 0.3) is 0 Å². The molecular formula is C15H23ClN2O3S. The van der Waals surface area contributed by atoms with Gasteiger partial charge in [-0.3, -0.25) is 4.79 Å². The second kappa shape index (κ2) is 6.98. The fraction of sp³-hybridized carbons (Fsp3) is 0.533. The molecule has 1 aromatic carbocycles. The van der Waals surface area contributed by atoms with E-state index in [-0.39, 0.29) is 15.8 Å². The highest BCUT2D eigenvalue weighted by atomic mass is 35.5. The van der Waals surface area contributed by atoms with Crippen molar-refractivity contribution in [3.05, 3.63) is 23.2 Å². The second-order valence-electron chi connectivity index (χ2n) is 5.94. The van der Waals surface area contributed by atoms with Crippen molar-refractivity contribution >= 4 is 33.2 Å². The van der Waals surface area contributed by atoms with Crippen molar-refractivity contribution in [1.29, 1.82) is 0 Å². The quantitative estimate of drug-likeness (QED) is 0.889. The van der Waals surface area contributed by atoms with Gasteiger partial charge in [0.15, 0.2) is 0 Å². The van der Waals surface area contributed by atoms with Gasteiger partial charge in [0.2, 0.25) is 15.9 Å². The predicted molar refractivity (Wildman–Crippen MR) is 89.6 cm³/mol. The molecule has 0 aromatic heterocycles. The zero-order valence-electron chi connectivity index (χ0n) is 13.6. The van der Waals surface area contributed by atoms with Crippen LogP contribution in [0.4, 0.5) is 5.69 Å². The average molecular weight is 347 g/mol. The molecule has 0 saturated heterocycles. The molecule has 0 aliphatic carbocycles. The number of anilines is 1. The first-order valence-electron chi connectivity index (χ1n) is 7.15. The number of halogens is 1. The Bertz CT molecular complexity index is 647. The maximum atomic E-state index is 12.6. The van der Waals surface area contributed by atoms with Gasteiger partial charge in [-0.2, -0.15) is 4.31 Å². The van der Waals surface area contributed by atoms with Gasteiger partial charge in [0.05, 0.1) is 5.02 Å². The Morgan fingerprint density at radius 2 is 1.77 bits per heavy atom. The molecule has 7 heteroatoms. The lowest BCUT2D eigenvalue weighted by Gasteiger charge is -2.21. The fourth-order valence-electron chi connectivity index (χ4n) is 1.80. The third kappa shape index (κ3) is 4.21. The molecule has 0 spiro atoms. The van der Waals surface area contributed by atoms with Crippen molar-refractivity contribution in [2.24, 2.45) is 5.41 Å². The maximum Gasteiger partial charge on any atom is 0.244 e. The molecule has 5 nitrogen and oxygen atoms in total. The summed E-state index contributed by atoms with van der Waals surface area (Å²) in [5.41, 5.74) is -0.160. The number of carbonyl (C=O) groups excluding carboxylic acids is 1. The van der Waals surface area contributed by atoms with Gasteiger partial charge < -0.3 is 5.32 Å². The van der Waals surface area contributed by atoms with E-state index in [0.717, 1.165) is 0 Å². The van der Waals surface area contributed by atoms with Crippen molar-refractivity contribution in [2.75, 3.05) is 18.4 Å². The third-order valence-electron chi connectivity index (χ3n) is 3.19. The summed E-state index contributed by atoms with van der Waals surface area (Å²) in [6.07, 6.45) is 0. The van der Waals surface area contributed by atoms with Gasteiger partial charge in [-0.1, -0.05) is 46.2 Å². The molecule has 0 atom stereocenters. The molecule has 1 N–H and O–H groups in total. The standard InChI is InChI=1S/C15H23ClN2O3S/c1-6-18(7-2)22(20,21)13-10-11(8-9-12(13)16)17-14(19)15(3,4)5/h8-10H,6-7H2,1-5H3,(H,17,19). The van der Waals surface area contributed by atoms with E-state index in [9.17, 15) is 13.2 Å². The number of carbonyl (C=O) groups is 1. The first-order valence-corrected chi connectivity index (χ1v) is 8.97. The van der Waals surface area contributed by atoms with E-state index >= 15 is 0 Å². The lowest BCUT2D eigenvalue weighted by atomic mass is 9.95. The van der Waals surface area contributed by atoms with Gasteiger partial charge in [-0.15, -0.1) is 0 Å². The molecule has 1 rings (SSSR count). The Kier molecular flexibility index (Phi) is 6.01. The number of hydrogen-bond acceptors (Lipinski definition) is 3. The zero-order valence-corrected chi connectivity index (χ0v) is 15.2. The molecule has 0 bridgehead atoms. The largest absolute Gasteiger partial charge is 0.326 e. The van der Waals surface area contributed by atoms with E-state index < -0.39 is 15.4 Å². The molecule has 0 fully saturated rings. The van der Waals surface area contributed by atoms with Crippen molar-refractivity contribution < 1.29 is 13.2 Å². The molecule has 0 aliphatic heterocycles. The average Bonchev–Trinajstić information content (AvgIpc) is 2.40. The summed E-state index contributed by atoms with van der Waals surface area (Å²) in [5, 5.41) is 2.86. The van der Waals surface area contributed by atoms with Crippen LogP contribution in [0.2, 0.25) is 5.02 Å². The second-order valence-corrected chi connectivity index (χ2v) is 8.25. The molecule has 0 radical (unpaired) electrons. The van der Waals surface area contributed by atoms with E-state index in [1.54, 1.807) is 40.7 Å². The Morgan fingerprint density at radius 1 is 1.23 bits per heavy atom. The molecule has 0 saturated carbocycles. The monoisotopic (exact) mass is 346 g/mol. The van der Waals surface area contributed by atoms with Crippen molar-refractivity contribution in [1.82, 2.24) is 4.31 Å². The van der Waals surface area contributed by atoms with Gasteiger partial charge in [0.1, 0.15) is 4.90 Å². The lowest BCUT2D eigenvalue weighted by molar-refractivity contribution is -0.123. The summed E-state index contributed by atoms with van der Waals surface area (Å²) in [7, 11) is -3.68. The summed E-state index contributed by atoms with van der Waals surface area (Å²) in [6.45, 7) is 9.59. The van der Waals surface area contributed by atoms with Gasteiger partial charge in [-0.25, -0.2) is 8.42 Å². The number of rotatable bonds is 5. The van der Waals surface area contributed by atoms with Crippen LogP contribution in [0.15, 0.2) is 23.1 Å². The molecular weight excluding hydrogens is 324 g/mol. The van der Waals surface area contributed by atoms with Crippen molar-refractivity contribution in [2.45, 2.75) is 39.5 Å². The molecule has 0 aliphatic rings. The van der Waals surface area contributed by atoms with Crippen molar-refractivity contribution in [3.63, 3.8) is 0 Å². The highest BCUT2D eigenvalue weighted by molar-refractivity contribution is 7.89. The topological polar surface area (TPSA) is 66.5 Å². The number of benzene rings is 1. The zero-order chi connectivity index (χ0) is 17.1. The van der Waals surface area contributed by atoms with E-state index in [1.165, 1.54) is 16.4 Å². The highest BCUT2D eigenvalue weighted by Gasteiger charge is 2.26. The molecule has 0 unspecified atom stereocenters. The summed E-state index contributed by atoms with van der Waals surface area (Å²) >= 11 is 6.05. The van der Waals surface area contributed by atoms with E-state index in [4.69, 9.17) is 11.6 Å². The predicted octanol–water partition coefficient (Wildman–Crippen LogP) is 3.36. The van der Waals surface area contributed by atoms with Crippen LogP contribution in [0.3, 0.4) is 0 Å². The Balaban J connectivity index is 3.24. The van der Waals surface area contributed by atoms with E-state index in [2.05, 4.69) is 5.32 Å². The number of sulfonamides is 1. The molecule has 22 heavy (non-hydrogen) atoms. The van der Waals surface area contributed by atoms with E-state index in [0.29, 0.717) is 18.8 Å². The smallest absolute Gasteiger partial charge is 0.244 e. The van der Waals surface area contributed by atoms with Gasteiger partial charge >= 0.3 is 0 Å². The molecule has 124 valence electrons. The maximum absolute atomic E-state index is 12.6. The van der Waals surface area contributed by atoms with Crippen molar-refractivity contribution in [3.8, 4) is 0 Å². The first kappa shape index (κ1) is 18.9. The van der Waals surface area contributed by atoms with E-state index in [1.807, 2.05) is 0 Å². The number of amides is 1. The summed E-state index contributed by atoms with van der Waals surface area (Å²) in [6, 6.07) is 4.48.